The number of Topliss-reactive ketones (excluding diaryl/α,β-unsaturated/α-hetero) is 1. The van der Waals surface area contributed by atoms with Crippen molar-refractivity contribution in [3.05, 3.63) is 33.6 Å². The first-order valence-corrected chi connectivity index (χ1v) is 8.01. The molecule has 0 bridgehead atoms. The Kier molecular flexibility index (Phi) is 5.46. The van der Waals surface area contributed by atoms with Crippen molar-refractivity contribution in [3.8, 4) is 5.69 Å². The summed E-state index contributed by atoms with van der Waals surface area (Å²) < 4.78 is 77.0. The zero-order chi connectivity index (χ0) is 20.0. The van der Waals surface area contributed by atoms with Crippen molar-refractivity contribution >= 4 is 46.6 Å². The Morgan fingerprint density at radius 3 is 2.04 bits per heavy atom. The summed E-state index contributed by atoms with van der Waals surface area (Å²) in [4.78, 5) is 15.2. The lowest BCUT2D eigenvalue weighted by atomic mass is 10.2. The molecule has 142 valence electrons. The number of nitrogens with zero attached hydrogens (tertiary/aromatic N) is 2. The fourth-order valence-electron chi connectivity index (χ4n) is 2.00. The van der Waals surface area contributed by atoms with E-state index in [1.165, 1.54) is 0 Å². The van der Waals surface area contributed by atoms with Crippen LogP contribution in [0, 0.1) is 0 Å². The van der Waals surface area contributed by atoms with E-state index >= 15 is 0 Å². The molecular weight excluding hydrogens is 431 g/mol. The van der Waals surface area contributed by atoms with Gasteiger partial charge in [0.2, 0.25) is 0 Å². The van der Waals surface area contributed by atoms with Crippen LogP contribution < -0.4 is 5.73 Å². The summed E-state index contributed by atoms with van der Waals surface area (Å²) >= 11 is 11.0. The van der Waals surface area contributed by atoms with Gasteiger partial charge in [-0.2, -0.15) is 26.3 Å². The number of benzene rings is 1. The number of hydrogen-bond acceptors (Lipinski definition) is 4. The minimum Gasteiger partial charge on any atom is -0.383 e. The standard InChI is InChI=1S/C13H7Cl2F6N3OS/c1-4(25)10-23-11(26-13(19,20)21)9(22)24(10)8-6(14)2-5(3-7(8)15)12(16,17)18/h2-3H,22H2,1H3. The Morgan fingerprint density at radius 2 is 1.65 bits per heavy atom. The van der Waals surface area contributed by atoms with Crippen LogP contribution in [0.5, 0.6) is 0 Å². The van der Waals surface area contributed by atoms with Gasteiger partial charge < -0.3 is 5.73 Å². The van der Waals surface area contributed by atoms with Crippen LogP contribution in [-0.2, 0) is 6.18 Å². The summed E-state index contributed by atoms with van der Waals surface area (Å²) in [7, 11) is 0. The molecule has 26 heavy (non-hydrogen) atoms. The van der Waals surface area contributed by atoms with Gasteiger partial charge in [-0.15, -0.1) is 0 Å². The maximum absolute atomic E-state index is 12.8. The van der Waals surface area contributed by atoms with Crippen molar-refractivity contribution in [2.24, 2.45) is 0 Å². The van der Waals surface area contributed by atoms with Crippen LogP contribution >= 0.6 is 35.0 Å². The van der Waals surface area contributed by atoms with Gasteiger partial charge in [-0.05, 0) is 12.1 Å². The number of ketones is 1. The summed E-state index contributed by atoms with van der Waals surface area (Å²) in [6, 6.07) is 1.03. The SMILES string of the molecule is CC(=O)c1nc(SC(F)(F)F)c(N)n1-c1c(Cl)cc(C(F)(F)F)cc1Cl. The molecule has 0 radical (unpaired) electrons. The van der Waals surface area contributed by atoms with Gasteiger partial charge in [-0.3, -0.25) is 9.36 Å². The normalized spacial score (nSPS) is 12.5. The molecule has 0 amide bonds. The molecule has 2 N–H and O–H groups in total. The lowest BCUT2D eigenvalue weighted by Gasteiger charge is -2.15. The largest absolute Gasteiger partial charge is 0.447 e. The summed E-state index contributed by atoms with van der Waals surface area (Å²) in [5.41, 5.74) is -0.685. The van der Waals surface area contributed by atoms with Crippen LogP contribution in [0.15, 0.2) is 17.2 Å². The average Bonchev–Trinajstić information content (AvgIpc) is 2.73. The second-order valence-corrected chi connectivity index (χ2v) is 6.72. The number of thioether (sulfide) groups is 1. The van der Waals surface area contributed by atoms with E-state index in [0.29, 0.717) is 16.7 Å². The van der Waals surface area contributed by atoms with Gasteiger partial charge >= 0.3 is 11.7 Å². The third-order valence-electron chi connectivity index (χ3n) is 2.97. The van der Waals surface area contributed by atoms with E-state index in [1.54, 1.807) is 0 Å². The number of aromatic nitrogens is 2. The van der Waals surface area contributed by atoms with E-state index in [1.807, 2.05) is 0 Å². The highest BCUT2D eigenvalue weighted by Gasteiger charge is 2.36. The van der Waals surface area contributed by atoms with Gasteiger partial charge in [0.1, 0.15) is 10.8 Å². The molecule has 0 aliphatic heterocycles. The molecule has 2 rings (SSSR count). The quantitative estimate of drug-likeness (QED) is 0.386. The highest BCUT2D eigenvalue weighted by atomic mass is 35.5. The smallest absolute Gasteiger partial charge is 0.383 e. The Labute approximate surface area is 156 Å². The second-order valence-electron chi connectivity index (χ2n) is 4.85. The molecule has 1 aromatic heterocycles. The molecular formula is C13H7Cl2F6N3OS. The predicted molar refractivity (Wildman–Crippen MR) is 84.9 cm³/mol. The maximum Gasteiger partial charge on any atom is 0.447 e. The van der Waals surface area contributed by atoms with Crippen molar-refractivity contribution in [2.75, 3.05) is 5.73 Å². The first kappa shape index (κ1) is 20.7. The third-order valence-corrected chi connectivity index (χ3v) is 4.28. The molecule has 0 saturated heterocycles. The van der Waals surface area contributed by atoms with Crippen LogP contribution in [0.4, 0.5) is 32.2 Å². The molecule has 13 heteroatoms. The lowest BCUT2D eigenvalue weighted by molar-refractivity contribution is -0.137. The second kappa shape index (κ2) is 6.86. The minimum absolute atomic E-state index is 0.384. The van der Waals surface area contributed by atoms with Crippen molar-refractivity contribution in [3.63, 3.8) is 0 Å². The van der Waals surface area contributed by atoms with E-state index in [4.69, 9.17) is 28.9 Å². The molecule has 1 heterocycles. The van der Waals surface area contributed by atoms with Crippen molar-refractivity contribution in [1.82, 2.24) is 9.55 Å². The number of nitrogens with two attached hydrogens (primary N) is 1. The number of halogens is 8. The topological polar surface area (TPSA) is 60.9 Å². The molecule has 2 aromatic rings. The predicted octanol–water partition coefficient (Wildman–Crippen LogP) is 5.59. The zero-order valence-corrected chi connectivity index (χ0v) is 14.8. The number of carbonyl (C=O) groups excluding carboxylic acids is 1. The number of hydrogen-bond donors (Lipinski definition) is 1. The monoisotopic (exact) mass is 437 g/mol. The fourth-order valence-corrected chi connectivity index (χ4v) is 3.21. The first-order valence-electron chi connectivity index (χ1n) is 6.44. The van der Waals surface area contributed by atoms with Crippen LogP contribution in [0.3, 0.4) is 0 Å². The van der Waals surface area contributed by atoms with Gasteiger partial charge in [0.25, 0.3) is 0 Å². The molecule has 0 fully saturated rings. The molecule has 4 nitrogen and oxygen atoms in total. The summed E-state index contributed by atoms with van der Waals surface area (Å²) in [6.45, 7) is 0.992. The molecule has 0 aliphatic carbocycles. The Bertz CT molecular complexity index is 855. The summed E-state index contributed by atoms with van der Waals surface area (Å²) in [5, 5.41) is -1.89. The minimum atomic E-state index is -4.76. The van der Waals surface area contributed by atoms with Crippen LogP contribution in [0.1, 0.15) is 23.1 Å². The number of carbonyl (C=O) groups is 1. The number of rotatable bonds is 3. The van der Waals surface area contributed by atoms with Crippen molar-refractivity contribution in [2.45, 2.75) is 23.6 Å². The molecule has 0 saturated carbocycles. The van der Waals surface area contributed by atoms with Gasteiger partial charge in [0.15, 0.2) is 11.6 Å². The third kappa shape index (κ3) is 4.21. The van der Waals surface area contributed by atoms with E-state index in [0.717, 1.165) is 6.92 Å². The van der Waals surface area contributed by atoms with E-state index in [2.05, 4.69) is 4.98 Å². The summed E-state index contributed by atoms with van der Waals surface area (Å²) in [6.07, 6.45) is -4.76. The Balaban J connectivity index is 2.74. The molecule has 0 spiro atoms. The highest BCUT2D eigenvalue weighted by Crippen LogP contribution is 2.43. The zero-order valence-electron chi connectivity index (χ0n) is 12.5. The van der Waals surface area contributed by atoms with Gasteiger partial charge in [-0.1, -0.05) is 23.2 Å². The van der Waals surface area contributed by atoms with Crippen molar-refractivity contribution < 1.29 is 31.1 Å². The Hall–Kier alpha value is -1.59. The van der Waals surface area contributed by atoms with Crippen LogP contribution in [0.25, 0.3) is 5.69 Å². The van der Waals surface area contributed by atoms with Gasteiger partial charge in [0.05, 0.1) is 21.3 Å². The number of alkyl halides is 6. The maximum atomic E-state index is 12.8. The Morgan fingerprint density at radius 1 is 1.15 bits per heavy atom. The van der Waals surface area contributed by atoms with Crippen molar-refractivity contribution in [1.29, 1.82) is 0 Å². The highest BCUT2D eigenvalue weighted by molar-refractivity contribution is 8.00. The number of anilines is 1. The average molecular weight is 438 g/mol. The van der Waals surface area contributed by atoms with E-state index < -0.39 is 61.5 Å². The molecule has 0 aliphatic rings. The van der Waals surface area contributed by atoms with E-state index in [9.17, 15) is 31.1 Å². The first-order chi connectivity index (χ1) is 11.7. The number of nitrogen functional groups attached to an aromatic ring is 1. The van der Waals surface area contributed by atoms with E-state index in [-0.39, 0.29) is 5.69 Å². The molecule has 0 atom stereocenters. The number of imidazole rings is 1. The van der Waals surface area contributed by atoms with Gasteiger partial charge in [0, 0.05) is 18.7 Å². The van der Waals surface area contributed by atoms with Gasteiger partial charge in [-0.25, -0.2) is 4.98 Å². The van der Waals surface area contributed by atoms with Crippen LogP contribution in [-0.4, -0.2) is 20.8 Å². The fraction of sp³-hybridized carbons (Fsp3) is 0.231. The lowest BCUT2D eigenvalue weighted by Crippen LogP contribution is -2.11. The van der Waals surface area contributed by atoms with Crippen LogP contribution in [0.2, 0.25) is 10.0 Å². The molecule has 0 unspecified atom stereocenters. The summed E-state index contributed by atoms with van der Waals surface area (Å²) in [5.74, 6) is -1.99. The molecule has 1 aromatic carbocycles.